The molecule has 3 nitrogen and oxygen atoms in total. The molecule has 18 heavy (non-hydrogen) atoms. The van der Waals surface area contributed by atoms with Gasteiger partial charge in [-0.05, 0) is 31.4 Å². The van der Waals surface area contributed by atoms with E-state index in [1.165, 1.54) is 5.69 Å². The van der Waals surface area contributed by atoms with Gasteiger partial charge in [0.25, 0.3) is 0 Å². The summed E-state index contributed by atoms with van der Waals surface area (Å²) in [7, 11) is 0. The molecule has 1 saturated heterocycles. The molecule has 0 radical (unpaired) electrons. The van der Waals surface area contributed by atoms with Crippen LogP contribution in [0.5, 0.6) is 5.75 Å². The molecule has 0 bridgehead atoms. The molecule has 1 aromatic carbocycles. The van der Waals surface area contributed by atoms with Crippen LogP contribution in [-0.4, -0.2) is 30.9 Å². The molecule has 3 heteroatoms. The van der Waals surface area contributed by atoms with Gasteiger partial charge in [0.05, 0.1) is 12.7 Å². The molecule has 0 saturated carbocycles. The van der Waals surface area contributed by atoms with E-state index < -0.39 is 0 Å². The number of hydrogen-bond acceptors (Lipinski definition) is 3. The van der Waals surface area contributed by atoms with Gasteiger partial charge in [0, 0.05) is 24.8 Å². The molecular formula is C15H23NO2. The number of piperidine rings is 1. The van der Waals surface area contributed by atoms with Crippen molar-refractivity contribution in [3.05, 3.63) is 24.3 Å². The second-order valence-corrected chi connectivity index (χ2v) is 4.92. The summed E-state index contributed by atoms with van der Waals surface area (Å²) in [5.41, 5.74) is 1.20. The van der Waals surface area contributed by atoms with Crippen LogP contribution >= 0.6 is 0 Å². The normalized spacial score (nSPS) is 16.9. The van der Waals surface area contributed by atoms with Crippen molar-refractivity contribution in [2.75, 3.05) is 24.6 Å². The molecule has 1 aliphatic heterocycles. The van der Waals surface area contributed by atoms with Crippen LogP contribution in [0.25, 0.3) is 0 Å². The van der Waals surface area contributed by atoms with Crippen LogP contribution in [0, 0.1) is 0 Å². The van der Waals surface area contributed by atoms with Gasteiger partial charge in [-0.15, -0.1) is 0 Å². The molecule has 0 amide bonds. The number of aliphatic hydroxyl groups is 1. The first-order valence-electron chi connectivity index (χ1n) is 6.95. The standard InChI is InChI=1S/C15H23NO2/c1-2-3-11-18-15-6-4-5-13(12-15)16-9-7-14(17)8-10-16/h4-6,12,14,17H,2-3,7-11H2,1H3. The molecule has 0 aromatic heterocycles. The Morgan fingerprint density at radius 1 is 1.33 bits per heavy atom. The molecular weight excluding hydrogens is 226 g/mol. The van der Waals surface area contributed by atoms with E-state index in [4.69, 9.17) is 4.74 Å². The van der Waals surface area contributed by atoms with Gasteiger partial charge in [-0.2, -0.15) is 0 Å². The Labute approximate surface area is 109 Å². The number of benzene rings is 1. The molecule has 0 atom stereocenters. The fourth-order valence-corrected chi connectivity index (χ4v) is 2.23. The Morgan fingerprint density at radius 3 is 2.83 bits per heavy atom. The van der Waals surface area contributed by atoms with E-state index in [1.807, 2.05) is 12.1 Å². The van der Waals surface area contributed by atoms with Crippen LogP contribution in [0.4, 0.5) is 5.69 Å². The third-order valence-electron chi connectivity index (χ3n) is 3.41. The Bertz CT molecular complexity index is 359. The summed E-state index contributed by atoms with van der Waals surface area (Å²) in [6, 6.07) is 8.28. The summed E-state index contributed by atoms with van der Waals surface area (Å²) < 4.78 is 5.72. The Hall–Kier alpha value is -1.22. The maximum Gasteiger partial charge on any atom is 0.121 e. The molecule has 0 aliphatic carbocycles. The Kier molecular flexibility index (Phi) is 4.88. The third-order valence-corrected chi connectivity index (χ3v) is 3.41. The molecule has 1 fully saturated rings. The van der Waals surface area contributed by atoms with Gasteiger partial charge >= 0.3 is 0 Å². The molecule has 0 spiro atoms. The number of aliphatic hydroxyl groups excluding tert-OH is 1. The molecule has 1 aromatic rings. The molecule has 0 unspecified atom stereocenters. The fourth-order valence-electron chi connectivity index (χ4n) is 2.23. The maximum absolute atomic E-state index is 9.52. The SMILES string of the molecule is CCCCOc1cccc(N2CCC(O)CC2)c1. The monoisotopic (exact) mass is 249 g/mol. The largest absolute Gasteiger partial charge is 0.494 e. The molecule has 100 valence electrons. The lowest BCUT2D eigenvalue weighted by Crippen LogP contribution is -2.35. The number of anilines is 1. The highest BCUT2D eigenvalue weighted by Crippen LogP contribution is 2.24. The fraction of sp³-hybridized carbons (Fsp3) is 0.600. The molecule has 2 rings (SSSR count). The average Bonchev–Trinajstić information content (AvgIpc) is 2.40. The number of nitrogens with zero attached hydrogens (tertiary/aromatic N) is 1. The summed E-state index contributed by atoms with van der Waals surface area (Å²) in [6.07, 6.45) is 3.86. The van der Waals surface area contributed by atoms with Crippen molar-refractivity contribution in [3.8, 4) is 5.75 Å². The van der Waals surface area contributed by atoms with Gasteiger partial charge in [0.1, 0.15) is 5.75 Å². The Morgan fingerprint density at radius 2 is 2.11 bits per heavy atom. The van der Waals surface area contributed by atoms with Gasteiger partial charge in [0.2, 0.25) is 0 Å². The summed E-state index contributed by atoms with van der Waals surface area (Å²) in [6.45, 7) is 4.82. The van der Waals surface area contributed by atoms with E-state index in [-0.39, 0.29) is 6.10 Å². The highest BCUT2D eigenvalue weighted by Gasteiger charge is 2.17. The van der Waals surface area contributed by atoms with Crippen molar-refractivity contribution in [1.82, 2.24) is 0 Å². The van der Waals surface area contributed by atoms with Crippen LogP contribution in [0.3, 0.4) is 0 Å². The number of unbranched alkanes of at least 4 members (excludes halogenated alkanes) is 1. The number of ether oxygens (including phenoxy) is 1. The van der Waals surface area contributed by atoms with Crippen molar-refractivity contribution in [2.45, 2.75) is 38.7 Å². The second-order valence-electron chi connectivity index (χ2n) is 4.92. The summed E-state index contributed by atoms with van der Waals surface area (Å²) in [5, 5.41) is 9.52. The van der Waals surface area contributed by atoms with Gasteiger partial charge in [-0.3, -0.25) is 0 Å². The lowest BCUT2D eigenvalue weighted by Gasteiger charge is -2.31. The van der Waals surface area contributed by atoms with E-state index in [0.717, 1.165) is 51.1 Å². The van der Waals surface area contributed by atoms with E-state index in [0.29, 0.717) is 0 Å². The first-order valence-corrected chi connectivity index (χ1v) is 6.95. The first kappa shape index (κ1) is 13.2. The van der Waals surface area contributed by atoms with Crippen LogP contribution in [0.2, 0.25) is 0 Å². The maximum atomic E-state index is 9.52. The first-order chi connectivity index (χ1) is 8.79. The second kappa shape index (κ2) is 6.64. The highest BCUT2D eigenvalue weighted by molar-refractivity contribution is 5.51. The van der Waals surface area contributed by atoms with Crippen molar-refractivity contribution in [1.29, 1.82) is 0 Å². The summed E-state index contributed by atoms with van der Waals surface area (Å²) in [5.74, 6) is 0.951. The smallest absolute Gasteiger partial charge is 0.121 e. The van der Waals surface area contributed by atoms with Crippen LogP contribution in [0.1, 0.15) is 32.6 Å². The van der Waals surface area contributed by atoms with Gasteiger partial charge in [-0.25, -0.2) is 0 Å². The van der Waals surface area contributed by atoms with Crippen molar-refractivity contribution in [2.24, 2.45) is 0 Å². The zero-order valence-electron chi connectivity index (χ0n) is 11.1. The van der Waals surface area contributed by atoms with Crippen LogP contribution in [0.15, 0.2) is 24.3 Å². The minimum absolute atomic E-state index is 0.120. The molecule has 1 N–H and O–H groups in total. The number of hydrogen-bond donors (Lipinski definition) is 1. The predicted molar refractivity (Wildman–Crippen MR) is 74.3 cm³/mol. The van der Waals surface area contributed by atoms with Crippen molar-refractivity contribution < 1.29 is 9.84 Å². The van der Waals surface area contributed by atoms with Gasteiger partial charge < -0.3 is 14.7 Å². The molecule has 1 aliphatic rings. The van der Waals surface area contributed by atoms with E-state index >= 15 is 0 Å². The van der Waals surface area contributed by atoms with Crippen molar-refractivity contribution >= 4 is 5.69 Å². The van der Waals surface area contributed by atoms with E-state index in [1.54, 1.807) is 0 Å². The van der Waals surface area contributed by atoms with E-state index in [2.05, 4.69) is 24.0 Å². The Balaban J connectivity index is 1.94. The number of rotatable bonds is 5. The molecule has 1 heterocycles. The third kappa shape index (κ3) is 3.64. The highest BCUT2D eigenvalue weighted by atomic mass is 16.5. The lowest BCUT2D eigenvalue weighted by atomic mass is 10.1. The van der Waals surface area contributed by atoms with Crippen LogP contribution < -0.4 is 9.64 Å². The van der Waals surface area contributed by atoms with E-state index in [9.17, 15) is 5.11 Å². The summed E-state index contributed by atoms with van der Waals surface area (Å²) >= 11 is 0. The topological polar surface area (TPSA) is 32.7 Å². The zero-order chi connectivity index (χ0) is 12.8. The quantitative estimate of drug-likeness (QED) is 0.814. The van der Waals surface area contributed by atoms with Gasteiger partial charge in [-0.1, -0.05) is 19.4 Å². The van der Waals surface area contributed by atoms with Gasteiger partial charge in [0.15, 0.2) is 0 Å². The minimum atomic E-state index is -0.120. The summed E-state index contributed by atoms with van der Waals surface area (Å²) in [4.78, 5) is 2.32. The zero-order valence-corrected chi connectivity index (χ0v) is 11.1. The average molecular weight is 249 g/mol. The van der Waals surface area contributed by atoms with Crippen LogP contribution in [-0.2, 0) is 0 Å². The lowest BCUT2D eigenvalue weighted by molar-refractivity contribution is 0.145. The predicted octanol–water partition coefficient (Wildman–Crippen LogP) is 2.83. The minimum Gasteiger partial charge on any atom is -0.494 e. The van der Waals surface area contributed by atoms with Crippen molar-refractivity contribution in [3.63, 3.8) is 0 Å².